The standard InChI is InChI=1S/C11H11N3O2S/c1-16-9-5-3-2-4-8(9)6-12-14-11-13-10(15)7-17-11/h2-6H,7H2,1H3,(H,13,14,15)/b12-6-. The van der Waals surface area contributed by atoms with Crippen LogP contribution in [0.4, 0.5) is 0 Å². The molecule has 0 unspecified atom stereocenters. The van der Waals surface area contributed by atoms with Crippen LogP contribution < -0.4 is 10.1 Å². The topological polar surface area (TPSA) is 63.1 Å². The highest BCUT2D eigenvalue weighted by Gasteiger charge is 2.15. The highest BCUT2D eigenvalue weighted by Crippen LogP contribution is 2.15. The maximum atomic E-state index is 10.9. The van der Waals surface area contributed by atoms with Gasteiger partial charge in [0.25, 0.3) is 0 Å². The lowest BCUT2D eigenvalue weighted by Gasteiger charge is -2.01. The number of thioether (sulfide) groups is 1. The number of ether oxygens (including phenoxy) is 1. The van der Waals surface area contributed by atoms with E-state index in [4.69, 9.17) is 4.74 Å². The van der Waals surface area contributed by atoms with Gasteiger partial charge in [-0.1, -0.05) is 23.9 Å². The van der Waals surface area contributed by atoms with E-state index in [9.17, 15) is 4.79 Å². The van der Waals surface area contributed by atoms with E-state index in [-0.39, 0.29) is 5.91 Å². The molecule has 1 aliphatic rings. The van der Waals surface area contributed by atoms with E-state index in [2.05, 4.69) is 15.5 Å². The van der Waals surface area contributed by atoms with Gasteiger partial charge in [0.05, 0.1) is 19.1 Å². The summed E-state index contributed by atoms with van der Waals surface area (Å²) in [6.07, 6.45) is 1.59. The Hall–Kier alpha value is -1.82. The van der Waals surface area contributed by atoms with E-state index in [0.29, 0.717) is 10.9 Å². The van der Waals surface area contributed by atoms with Crippen molar-refractivity contribution in [1.29, 1.82) is 0 Å². The van der Waals surface area contributed by atoms with E-state index < -0.39 is 0 Å². The Morgan fingerprint density at radius 2 is 2.29 bits per heavy atom. The summed E-state index contributed by atoms with van der Waals surface area (Å²) in [6.45, 7) is 0. The van der Waals surface area contributed by atoms with Gasteiger partial charge in [-0.25, -0.2) is 0 Å². The van der Waals surface area contributed by atoms with Crippen molar-refractivity contribution in [3.63, 3.8) is 0 Å². The van der Waals surface area contributed by atoms with Crippen LogP contribution in [0.25, 0.3) is 0 Å². The second kappa shape index (κ2) is 5.49. The first-order valence-corrected chi connectivity index (χ1v) is 5.95. The van der Waals surface area contributed by atoms with E-state index in [0.717, 1.165) is 11.3 Å². The molecule has 1 N–H and O–H groups in total. The minimum atomic E-state index is -0.0405. The first-order chi connectivity index (χ1) is 8.29. The number of hydrogen-bond acceptors (Lipinski definition) is 5. The first kappa shape index (κ1) is 11.7. The van der Waals surface area contributed by atoms with Crippen LogP contribution in [0, 0.1) is 0 Å². The lowest BCUT2D eigenvalue weighted by molar-refractivity contribution is -0.116. The summed E-state index contributed by atoms with van der Waals surface area (Å²) in [5, 5.41) is 10.9. The molecule has 0 radical (unpaired) electrons. The number of para-hydroxylation sites is 1. The second-order valence-electron chi connectivity index (χ2n) is 3.23. The van der Waals surface area contributed by atoms with E-state index in [1.54, 1.807) is 13.3 Å². The molecule has 6 heteroatoms. The normalized spacial score (nSPS) is 17.7. The summed E-state index contributed by atoms with van der Waals surface area (Å²) < 4.78 is 5.17. The molecule has 1 aromatic carbocycles. The predicted molar refractivity (Wildman–Crippen MR) is 68.6 cm³/mol. The first-order valence-electron chi connectivity index (χ1n) is 4.96. The Morgan fingerprint density at radius 3 is 3.00 bits per heavy atom. The van der Waals surface area contributed by atoms with Crippen molar-refractivity contribution in [2.24, 2.45) is 10.2 Å². The number of hydrogen-bond donors (Lipinski definition) is 1. The molecule has 2 rings (SSSR count). The molecular formula is C11H11N3O2S. The van der Waals surface area contributed by atoms with Crippen LogP contribution in [0.15, 0.2) is 34.5 Å². The van der Waals surface area contributed by atoms with Crippen molar-refractivity contribution < 1.29 is 9.53 Å². The third kappa shape index (κ3) is 3.07. The Morgan fingerprint density at radius 1 is 1.47 bits per heavy atom. The van der Waals surface area contributed by atoms with Crippen molar-refractivity contribution in [1.82, 2.24) is 5.32 Å². The van der Waals surface area contributed by atoms with Crippen molar-refractivity contribution >= 4 is 29.1 Å². The molecule has 1 amide bonds. The third-order valence-electron chi connectivity index (χ3n) is 2.07. The zero-order chi connectivity index (χ0) is 12.1. The number of carbonyl (C=O) groups is 1. The molecule has 1 fully saturated rings. The molecule has 0 spiro atoms. The quantitative estimate of drug-likeness (QED) is 0.647. The Labute approximate surface area is 103 Å². The van der Waals surface area contributed by atoms with Crippen molar-refractivity contribution in [2.45, 2.75) is 0 Å². The Bertz CT molecular complexity index is 485. The van der Waals surface area contributed by atoms with Crippen LogP contribution in [0.3, 0.4) is 0 Å². The van der Waals surface area contributed by atoms with Gasteiger partial charge in [-0.3, -0.25) is 4.79 Å². The average molecular weight is 249 g/mol. The molecule has 0 aromatic heterocycles. The van der Waals surface area contributed by atoms with Crippen molar-refractivity contribution in [3.8, 4) is 5.75 Å². The number of nitrogens with one attached hydrogen (secondary N) is 1. The Kier molecular flexibility index (Phi) is 3.77. The molecule has 1 aromatic rings. The van der Waals surface area contributed by atoms with E-state index in [1.807, 2.05) is 24.3 Å². The summed E-state index contributed by atoms with van der Waals surface area (Å²) in [6, 6.07) is 7.50. The number of amidine groups is 1. The zero-order valence-corrected chi connectivity index (χ0v) is 10.0. The van der Waals surface area contributed by atoms with Crippen molar-refractivity contribution in [3.05, 3.63) is 29.8 Å². The van der Waals surface area contributed by atoms with Crippen LogP contribution in [0.1, 0.15) is 5.56 Å². The number of amides is 1. The van der Waals surface area contributed by atoms with Gasteiger partial charge in [-0.05, 0) is 12.1 Å². The molecule has 1 heterocycles. The monoisotopic (exact) mass is 249 g/mol. The molecule has 88 valence electrons. The summed E-state index contributed by atoms with van der Waals surface area (Å²) in [5.41, 5.74) is 0.841. The third-order valence-corrected chi connectivity index (χ3v) is 2.93. The van der Waals surface area contributed by atoms with Crippen LogP contribution in [-0.4, -0.2) is 30.2 Å². The summed E-state index contributed by atoms with van der Waals surface area (Å²) >= 11 is 1.34. The molecule has 0 atom stereocenters. The Balaban J connectivity index is 2.07. The number of carbonyl (C=O) groups excluding carboxylic acids is 1. The van der Waals surface area contributed by atoms with Crippen molar-refractivity contribution in [2.75, 3.05) is 12.9 Å². The maximum Gasteiger partial charge on any atom is 0.236 e. The molecule has 5 nitrogen and oxygen atoms in total. The minimum absolute atomic E-state index is 0.0405. The summed E-state index contributed by atoms with van der Waals surface area (Å²) in [4.78, 5) is 10.9. The van der Waals surface area contributed by atoms with Crippen LogP contribution in [-0.2, 0) is 4.79 Å². The number of rotatable bonds is 3. The van der Waals surface area contributed by atoms with Gasteiger partial charge >= 0.3 is 0 Å². The molecule has 17 heavy (non-hydrogen) atoms. The molecule has 0 saturated carbocycles. The van der Waals surface area contributed by atoms with Crippen LogP contribution in [0.2, 0.25) is 0 Å². The van der Waals surface area contributed by atoms with Gasteiger partial charge in [-0.2, -0.15) is 5.10 Å². The van der Waals surface area contributed by atoms with Gasteiger partial charge in [0, 0.05) is 5.56 Å². The van der Waals surface area contributed by atoms with Gasteiger partial charge < -0.3 is 10.1 Å². The molecular weight excluding hydrogens is 238 g/mol. The lowest BCUT2D eigenvalue weighted by Crippen LogP contribution is -2.19. The van der Waals surface area contributed by atoms with Gasteiger partial charge in [0.2, 0.25) is 5.91 Å². The number of benzene rings is 1. The highest BCUT2D eigenvalue weighted by atomic mass is 32.2. The number of methoxy groups -OCH3 is 1. The lowest BCUT2D eigenvalue weighted by atomic mass is 10.2. The molecule has 1 saturated heterocycles. The zero-order valence-electron chi connectivity index (χ0n) is 9.21. The van der Waals surface area contributed by atoms with Crippen LogP contribution >= 0.6 is 11.8 Å². The maximum absolute atomic E-state index is 10.9. The largest absolute Gasteiger partial charge is 0.496 e. The predicted octanol–water partition coefficient (Wildman–Crippen LogP) is 1.25. The van der Waals surface area contributed by atoms with Crippen LogP contribution in [0.5, 0.6) is 5.75 Å². The second-order valence-corrected chi connectivity index (χ2v) is 4.19. The minimum Gasteiger partial charge on any atom is -0.496 e. The number of nitrogens with zero attached hydrogens (tertiary/aromatic N) is 2. The van der Waals surface area contributed by atoms with Gasteiger partial charge in [0.15, 0.2) is 5.17 Å². The van der Waals surface area contributed by atoms with Gasteiger partial charge in [0.1, 0.15) is 5.75 Å². The van der Waals surface area contributed by atoms with Gasteiger partial charge in [-0.15, -0.1) is 5.10 Å². The van der Waals surface area contributed by atoms with E-state index in [1.165, 1.54) is 11.8 Å². The SMILES string of the molecule is COc1ccccc1/C=N\N=C1/NC(=O)CS1. The smallest absolute Gasteiger partial charge is 0.236 e. The molecule has 0 aliphatic carbocycles. The summed E-state index contributed by atoms with van der Waals surface area (Å²) in [7, 11) is 1.60. The summed E-state index contributed by atoms with van der Waals surface area (Å²) in [5.74, 6) is 1.10. The van der Waals surface area contributed by atoms with E-state index >= 15 is 0 Å². The fourth-order valence-electron chi connectivity index (χ4n) is 1.30. The molecule has 1 aliphatic heterocycles. The average Bonchev–Trinajstić information content (AvgIpc) is 2.76. The highest BCUT2D eigenvalue weighted by molar-refractivity contribution is 8.15. The molecule has 0 bridgehead atoms. The fourth-order valence-corrected chi connectivity index (χ4v) is 1.93. The fraction of sp³-hybridized carbons (Fsp3) is 0.182.